The van der Waals surface area contributed by atoms with Gasteiger partial charge in [-0.05, 0) is 49.4 Å². The Hall–Kier alpha value is -3.00. The monoisotopic (exact) mass is 478 g/mol. The molecule has 0 unspecified atom stereocenters. The maximum Gasteiger partial charge on any atom is 0.253 e. The number of aromatic hydroxyl groups is 1. The highest BCUT2D eigenvalue weighted by molar-refractivity contribution is 6.12. The number of amides is 3. The molecule has 0 saturated heterocycles. The van der Waals surface area contributed by atoms with Crippen molar-refractivity contribution in [3.8, 4) is 5.75 Å². The van der Waals surface area contributed by atoms with Gasteiger partial charge in [0, 0.05) is 43.8 Å². The molecule has 8 nitrogen and oxygen atoms in total. The molecular weight excluding hydrogens is 436 g/mol. The van der Waals surface area contributed by atoms with E-state index in [1.54, 1.807) is 12.1 Å². The zero-order valence-corrected chi connectivity index (χ0v) is 21.6. The van der Waals surface area contributed by atoms with E-state index < -0.39 is 0 Å². The number of hydrogen-bond donors (Lipinski definition) is 3. The largest absolute Gasteiger partial charge is 0.508 e. The lowest BCUT2D eigenvalue weighted by atomic mass is 10.1. The number of imide groups is 1. The van der Waals surface area contributed by atoms with Crippen molar-refractivity contribution in [1.29, 1.82) is 0 Å². The first-order valence-corrected chi connectivity index (χ1v) is 11.7. The molecule has 1 aliphatic heterocycles. The zero-order chi connectivity index (χ0) is 26.7. The number of benzene rings is 1. The summed E-state index contributed by atoms with van der Waals surface area (Å²) in [7, 11) is 0. The Morgan fingerprint density at radius 1 is 0.941 bits per heavy atom. The second-order valence-corrected chi connectivity index (χ2v) is 8.12. The molecule has 8 heteroatoms. The number of nitrogens with zero attached hydrogens (tertiary/aromatic N) is 1. The average Bonchev–Trinajstić information content (AvgIpc) is 3.08. The quantitative estimate of drug-likeness (QED) is 0.386. The fourth-order valence-corrected chi connectivity index (χ4v) is 2.36. The Labute approximate surface area is 204 Å². The lowest BCUT2D eigenvalue weighted by Gasteiger charge is -2.14. The predicted molar refractivity (Wildman–Crippen MR) is 134 cm³/mol. The number of hydrogen-bond acceptors (Lipinski definition) is 6. The molecule has 0 spiro atoms. The second-order valence-electron chi connectivity index (χ2n) is 8.12. The topological polar surface area (TPSA) is 124 Å². The van der Waals surface area contributed by atoms with E-state index in [2.05, 4.69) is 19.2 Å². The van der Waals surface area contributed by atoms with Crippen molar-refractivity contribution in [2.24, 2.45) is 11.8 Å². The Kier molecular flexibility index (Phi) is 19.0. The molecule has 0 fully saturated rings. The highest BCUT2D eigenvalue weighted by atomic mass is 16.3. The normalized spacial score (nSPS) is 11.8. The molecule has 1 aromatic carbocycles. The van der Waals surface area contributed by atoms with Crippen LogP contribution in [0.1, 0.15) is 71.7 Å². The van der Waals surface area contributed by atoms with Gasteiger partial charge in [0.25, 0.3) is 11.8 Å². The van der Waals surface area contributed by atoms with Gasteiger partial charge in [-0.25, -0.2) is 0 Å². The first-order valence-electron chi connectivity index (χ1n) is 11.7. The van der Waals surface area contributed by atoms with Crippen LogP contribution in [0.5, 0.6) is 5.75 Å². The first kappa shape index (κ1) is 33.2. The average molecular weight is 479 g/mol. The van der Waals surface area contributed by atoms with Crippen molar-refractivity contribution in [2.45, 2.75) is 61.3 Å². The molecule has 192 valence electrons. The highest BCUT2D eigenvalue weighted by Gasteiger charge is 2.22. The van der Waals surface area contributed by atoms with Crippen molar-refractivity contribution in [2.75, 3.05) is 19.7 Å². The van der Waals surface area contributed by atoms with E-state index in [-0.39, 0.29) is 35.8 Å². The Balaban J connectivity index is 0. The van der Waals surface area contributed by atoms with Gasteiger partial charge in [-0.2, -0.15) is 0 Å². The molecule has 1 heterocycles. The number of aliphatic hydroxyl groups is 1. The molecule has 0 saturated carbocycles. The van der Waals surface area contributed by atoms with E-state index in [0.717, 1.165) is 11.3 Å². The number of Topliss-reactive ketones (excluding diaryl/α,β-unsaturated/α-hetero) is 1. The summed E-state index contributed by atoms with van der Waals surface area (Å²) in [5, 5.41) is 19.7. The fraction of sp³-hybridized carbons (Fsp3) is 0.538. The van der Waals surface area contributed by atoms with Gasteiger partial charge in [-0.15, -0.1) is 0 Å². The van der Waals surface area contributed by atoms with Gasteiger partial charge in [0.15, 0.2) is 5.78 Å². The Morgan fingerprint density at radius 3 is 1.79 bits per heavy atom. The third-order valence-corrected chi connectivity index (χ3v) is 4.13. The van der Waals surface area contributed by atoms with Gasteiger partial charge in [0.05, 0.1) is 0 Å². The van der Waals surface area contributed by atoms with Gasteiger partial charge in [-0.3, -0.25) is 24.1 Å². The zero-order valence-electron chi connectivity index (χ0n) is 21.6. The molecule has 0 radical (unpaired) electrons. The minimum absolute atomic E-state index is 0.0139. The van der Waals surface area contributed by atoms with Crippen LogP contribution in [0.4, 0.5) is 0 Å². The Bertz CT molecular complexity index is 752. The van der Waals surface area contributed by atoms with E-state index in [1.807, 2.05) is 27.7 Å². The molecule has 0 aliphatic carbocycles. The first-order chi connectivity index (χ1) is 16.0. The van der Waals surface area contributed by atoms with E-state index in [0.29, 0.717) is 37.0 Å². The van der Waals surface area contributed by atoms with Gasteiger partial charge >= 0.3 is 0 Å². The highest BCUT2D eigenvalue weighted by Crippen LogP contribution is 2.09. The van der Waals surface area contributed by atoms with Crippen LogP contribution in [0, 0.1) is 11.8 Å². The van der Waals surface area contributed by atoms with Crippen molar-refractivity contribution in [3.63, 3.8) is 0 Å². The van der Waals surface area contributed by atoms with Crippen LogP contribution >= 0.6 is 0 Å². The van der Waals surface area contributed by atoms with Crippen LogP contribution in [0.25, 0.3) is 0 Å². The van der Waals surface area contributed by atoms with Crippen molar-refractivity contribution in [3.05, 3.63) is 42.0 Å². The molecule has 3 N–H and O–H groups in total. The van der Waals surface area contributed by atoms with E-state index in [1.165, 1.54) is 31.2 Å². The standard InChI is InChI=1S/C11H16N2O3.C8H8O2.C5H12O.C2H6/c1-8(2)7-9(14)12-5-6-13-10(15)3-4-11(13)16;1-6(9)7-2-4-8(10)5-3-7;1-5(2)3-4-6;1-2/h3-4,8H,5-7H2,1-2H3,(H,12,14);2-5,10H,1H3;5-6H,3-4H2,1-2H3;1-2H3. The van der Waals surface area contributed by atoms with Crippen LogP contribution in [0.2, 0.25) is 0 Å². The fourth-order valence-electron chi connectivity index (χ4n) is 2.36. The number of carbonyl (C=O) groups excluding carboxylic acids is 4. The van der Waals surface area contributed by atoms with Crippen molar-refractivity contribution < 1.29 is 29.4 Å². The van der Waals surface area contributed by atoms with Gasteiger partial charge < -0.3 is 15.5 Å². The predicted octanol–water partition coefficient (Wildman–Crippen LogP) is 3.72. The summed E-state index contributed by atoms with van der Waals surface area (Å²) in [6.07, 6.45) is 3.86. The van der Waals surface area contributed by atoms with E-state index >= 15 is 0 Å². The summed E-state index contributed by atoms with van der Waals surface area (Å²) in [5.74, 6) is 0.463. The third kappa shape index (κ3) is 16.6. The number of ketones is 1. The Morgan fingerprint density at radius 2 is 1.44 bits per heavy atom. The van der Waals surface area contributed by atoms with Crippen LogP contribution in [0.15, 0.2) is 36.4 Å². The van der Waals surface area contributed by atoms with Gasteiger partial charge in [-0.1, -0.05) is 41.5 Å². The van der Waals surface area contributed by atoms with Crippen LogP contribution in [-0.2, 0) is 14.4 Å². The van der Waals surface area contributed by atoms with Crippen LogP contribution in [-0.4, -0.2) is 58.3 Å². The molecule has 34 heavy (non-hydrogen) atoms. The summed E-state index contributed by atoms with van der Waals surface area (Å²) >= 11 is 0. The van der Waals surface area contributed by atoms with Crippen LogP contribution in [0.3, 0.4) is 0 Å². The SMILES string of the molecule is CC.CC(=O)c1ccc(O)cc1.CC(C)CC(=O)NCCN1C(=O)C=CC1=O.CC(C)CCO. The number of nitrogens with one attached hydrogen (secondary N) is 1. The lowest BCUT2D eigenvalue weighted by Crippen LogP contribution is -2.38. The minimum atomic E-state index is -0.317. The molecule has 0 atom stereocenters. The summed E-state index contributed by atoms with van der Waals surface area (Å²) in [5.41, 5.74) is 0.623. The van der Waals surface area contributed by atoms with Gasteiger partial charge in [0.1, 0.15) is 5.75 Å². The summed E-state index contributed by atoms with van der Waals surface area (Å²) < 4.78 is 0. The number of carbonyl (C=O) groups is 4. The van der Waals surface area contributed by atoms with E-state index in [4.69, 9.17) is 10.2 Å². The summed E-state index contributed by atoms with van der Waals surface area (Å²) in [6, 6.07) is 6.18. The second kappa shape index (κ2) is 19.5. The maximum atomic E-state index is 11.3. The molecule has 1 aromatic rings. The lowest BCUT2D eigenvalue weighted by molar-refractivity contribution is -0.137. The molecular formula is C26H42N2O6. The van der Waals surface area contributed by atoms with Gasteiger partial charge in [0.2, 0.25) is 5.91 Å². The minimum Gasteiger partial charge on any atom is -0.508 e. The molecule has 2 rings (SSSR count). The molecule has 0 aromatic heterocycles. The number of rotatable bonds is 8. The van der Waals surface area contributed by atoms with Crippen LogP contribution < -0.4 is 5.32 Å². The maximum absolute atomic E-state index is 11.3. The molecule has 3 amide bonds. The summed E-state index contributed by atoms with van der Waals surface area (Å²) in [4.78, 5) is 45.3. The smallest absolute Gasteiger partial charge is 0.253 e. The molecule has 1 aliphatic rings. The number of phenolic OH excluding ortho intramolecular Hbond substituents is 1. The third-order valence-electron chi connectivity index (χ3n) is 4.13. The number of aliphatic hydroxyl groups excluding tert-OH is 1. The molecule has 0 bridgehead atoms. The van der Waals surface area contributed by atoms with Crippen molar-refractivity contribution in [1.82, 2.24) is 10.2 Å². The van der Waals surface area contributed by atoms with Crippen molar-refractivity contribution >= 4 is 23.5 Å². The van der Waals surface area contributed by atoms with E-state index in [9.17, 15) is 19.2 Å². The number of phenols is 1. The summed E-state index contributed by atoms with van der Waals surface area (Å²) in [6.45, 7) is 14.5.